The maximum atomic E-state index is 13.3. The first kappa shape index (κ1) is 23.0. The maximum Gasteiger partial charge on any atom is 0.320 e. The highest BCUT2D eigenvalue weighted by Crippen LogP contribution is 2.34. The number of fused-ring (bicyclic) bond motifs is 1. The molecule has 1 fully saturated rings. The molecule has 180 valence electrons. The Balaban J connectivity index is 1.37. The molecule has 2 aliphatic rings. The molecule has 2 atom stereocenters. The molecule has 0 unspecified atom stereocenters. The van der Waals surface area contributed by atoms with Gasteiger partial charge >= 0.3 is 6.03 Å². The van der Waals surface area contributed by atoms with Crippen LogP contribution >= 0.6 is 11.3 Å². The van der Waals surface area contributed by atoms with Crippen molar-refractivity contribution < 1.29 is 9.53 Å². The molecule has 3 heterocycles. The molecule has 9 heteroatoms. The summed E-state index contributed by atoms with van der Waals surface area (Å²) in [6.45, 7) is 7.30. The number of likely N-dealkylation sites (tertiary alicyclic amines) is 1. The smallest absolute Gasteiger partial charge is 0.320 e. The highest BCUT2D eigenvalue weighted by molar-refractivity contribution is 7.11. The van der Waals surface area contributed by atoms with E-state index in [-0.39, 0.29) is 18.0 Å². The van der Waals surface area contributed by atoms with Crippen molar-refractivity contribution in [3.63, 3.8) is 0 Å². The molecule has 0 spiro atoms. The van der Waals surface area contributed by atoms with E-state index in [0.717, 1.165) is 72.4 Å². The third kappa shape index (κ3) is 4.60. The summed E-state index contributed by atoms with van der Waals surface area (Å²) in [5, 5.41) is 12.3. The Bertz CT molecular complexity index is 1160. The van der Waals surface area contributed by atoms with E-state index in [0.29, 0.717) is 6.61 Å². The normalized spacial score (nSPS) is 20.0. The van der Waals surface area contributed by atoms with Crippen molar-refractivity contribution in [2.75, 3.05) is 38.7 Å². The minimum absolute atomic E-state index is 0.00319. The molecule has 8 nitrogen and oxygen atoms in total. The van der Waals surface area contributed by atoms with E-state index in [9.17, 15) is 4.79 Å². The lowest BCUT2D eigenvalue weighted by molar-refractivity contribution is 0.159. The van der Waals surface area contributed by atoms with Crippen LogP contribution in [0.3, 0.4) is 0 Å². The number of aromatic nitrogens is 3. The van der Waals surface area contributed by atoms with Gasteiger partial charge in [0.2, 0.25) is 0 Å². The number of hydrogen-bond acceptors (Lipinski definition) is 6. The number of methoxy groups -OCH3 is 1. The van der Waals surface area contributed by atoms with Crippen LogP contribution in [0.15, 0.2) is 30.3 Å². The monoisotopic (exact) mass is 480 g/mol. The van der Waals surface area contributed by atoms with E-state index in [2.05, 4.69) is 27.4 Å². The Morgan fingerprint density at radius 2 is 2.03 bits per heavy atom. The topological polar surface area (TPSA) is 84.3 Å². The van der Waals surface area contributed by atoms with Gasteiger partial charge in [-0.3, -0.25) is 10.2 Å². The van der Waals surface area contributed by atoms with Crippen molar-refractivity contribution in [2.45, 2.75) is 45.1 Å². The molecule has 0 bridgehead atoms. The number of amides is 2. The maximum absolute atomic E-state index is 13.3. The molecule has 1 aliphatic heterocycles. The van der Waals surface area contributed by atoms with Crippen LogP contribution in [0.4, 0.5) is 10.6 Å². The number of ether oxygens (including phenoxy) is 1. The summed E-state index contributed by atoms with van der Waals surface area (Å²) in [6, 6.07) is 9.80. The van der Waals surface area contributed by atoms with Crippen LogP contribution in [-0.2, 0) is 17.6 Å². The Kier molecular flexibility index (Phi) is 6.67. The van der Waals surface area contributed by atoms with Crippen molar-refractivity contribution in [1.29, 1.82) is 0 Å². The minimum Gasteiger partial charge on any atom is -0.383 e. The average molecular weight is 481 g/mol. The fraction of sp³-hybridized carbons (Fsp3) is 0.480. The van der Waals surface area contributed by atoms with Crippen molar-refractivity contribution in [3.05, 3.63) is 57.2 Å². The molecule has 2 N–H and O–H groups in total. The van der Waals surface area contributed by atoms with E-state index in [1.165, 1.54) is 4.88 Å². The van der Waals surface area contributed by atoms with Crippen molar-refractivity contribution in [3.8, 4) is 5.69 Å². The second kappa shape index (κ2) is 9.85. The lowest BCUT2D eigenvalue weighted by atomic mass is 10.0. The van der Waals surface area contributed by atoms with Gasteiger partial charge in [0.05, 0.1) is 34.7 Å². The van der Waals surface area contributed by atoms with Gasteiger partial charge < -0.3 is 10.1 Å². The number of urea groups is 1. The number of thiazole rings is 1. The predicted molar refractivity (Wildman–Crippen MR) is 134 cm³/mol. The van der Waals surface area contributed by atoms with Crippen molar-refractivity contribution in [2.24, 2.45) is 0 Å². The number of hydrogen-bond donors (Lipinski definition) is 2. The first-order chi connectivity index (χ1) is 16.5. The number of carbonyl (C=O) groups excluding carboxylic acids is 1. The number of rotatable bonds is 7. The van der Waals surface area contributed by atoms with Crippen molar-refractivity contribution >= 4 is 23.2 Å². The molecule has 1 aliphatic carbocycles. The molecule has 0 saturated carbocycles. The zero-order chi connectivity index (χ0) is 23.7. The molecule has 1 saturated heterocycles. The molecule has 2 aromatic heterocycles. The molecular weight excluding hydrogens is 448 g/mol. The van der Waals surface area contributed by atoms with Crippen LogP contribution in [0.25, 0.3) is 5.69 Å². The Morgan fingerprint density at radius 3 is 2.76 bits per heavy atom. The van der Waals surface area contributed by atoms with E-state index >= 15 is 0 Å². The third-order valence-corrected chi connectivity index (χ3v) is 7.94. The quantitative estimate of drug-likeness (QED) is 0.539. The van der Waals surface area contributed by atoms with Gasteiger partial charge in [-0.1, -0.05) is 18.2 Å². The van der Waals surface area contributed by atoms with Crippen LogP contribution in [-0.4, -0.2) is 65.1 Å². The Hall–Kier alpha value is -2.75. The summed E-state index contributed by atoms with van der Waals surface area (Å²) in [6.07, 6.45) is 2.97. The van der Waals surface area contributed by atoms with E-state index in [1.54, 1.807) is 18.4 Å². The Labute approximate surface area is 204 Å². The molecule has 0 radical (unpaired) electrons. The highest BCUT2D eigenvalue weighted by atomic mass is 32.1. The summed E-state index contributed by atoms with van der Waals surface area (Å²) in [7, 11) is 1.72. The zero-order valence-electron chi connectivity index (χ0n) is 20.0. The number of nitrogens with one attached hydrogen (secondary N) is 2. The van der Waals surface area contributed by atoms with Gasteiger partial charge in [-0.15, -0.1) is 11.3 Å². The van der Waals surface area contributed by atoms with E-state index in [1.807, 2.05) is 41.9 Å². The van der Waals surface area contributed by atoms with Gasteiger partial charge in [0.25, 0.3) is 0 Å². The van der Waals surface area contributed by atoms with Crippen molar-refractivity contribution in [1.82, 2.24) is 25.0 Å². The third-order valence-electron chi connectivity index (χ3n) is 6.74. The second-order valence-electron chi connectivity index (χ2n) is 9.12. The summed E-state index contributed by atoms with van der Waals surface area (Å²) in [5.74, 6) is 0.991. The molecule has 34 heavy (non-hydrogen) atoms. The second-order valence-corrected chi connectivity index (χ2v) is 10.4. The van der Waals surface area contributed by atoms with Gasteiger partial charge in [0.15, 0.2) is 0 Å². The lowest BCUT2D eigenvalue weighted by Gasteiger charge is -2.20. The van der Waals surface area contributed by atoms with E-state index in [4.69, 9.17) is 9.84 Å². The molecular formula is C25H32N6O2S. The SMILES string of the molecule is COCCN1C[C@@H](NC(=O)Nc2c3c(nn2-c2ccccc2)CCC3)[C@H](c2sc(C)nc2C)C1. The first-order valence-electron chi connectivity index (χ1n) is 11.9. The van der Waals surface area contributed by atoms with Crippen LogP contribution in [0, 0.1) is 13.8 Å². The molecule has 3 aromatic rings. The molecule has 1 aromatic carbocycles. The average Bonchev–Trinajstić information content (AvgIpc) is 3.58. The molecule has 5 rings (SSSR count). The minimum atomic E-state index is -0.186. The number of nitrogens with zero attached hydrogens (tertiary/aromatic N) is 4. The summed E-state index contributed by atoms with van der Waals surface area (Å²) in [4.78, 5) is 21.6. The van der Waals surface area contributed by atoms with Crippen LogP contribution in [0.1, 0.15) is 39.2 Å². The highest BCUT2D eigenvalue weighted by Gasteiger charge is 2.37. The number of para-hydroxylation sites is 1. The number of benzene rings is 1. The largest absolute Gasteiger partial charge is 0.383 e. The predicted octanol–water partition coefficient (Wildman–Crippen LogP) is 3.67. The Morgan fingerprint density at radius 1 is 1.21 bits per heavy atom. The van der Waals surface area contributed by atoms with Gasteiger partial charge in [-0.2, -0.15) is 5.10 Å². The number of aryl methyl sites for hydroxylation is 3. The summed E-state index contributed by atoms with van der Waals surface area (Å²) >= 11 is 1.73. The summed E-state index contributed by atoms with van der Waals surface area (Å²) < 4.78 is 7.17. The van der Waals surface area contributed by atoms with Crippen LogP contribution in [0.2, 0.25) is 0 Å². The zero-order valence-corrected chi connectivity index (χ0v) is 20.8. The standard InChI is InChI=1S/C25H32N6O2S/c1-16-23(34-17(2)26-16)20-14-30(12-13-33-3)15-22(20)27-25(32)28-24-19-10-7-11-21(19)29-31(24)18-8-5-4-6-9-18/h4-6,8-9,20,22H,7,10-15H2,1-3H3,(H2,27,28,32)/t20-,22-/m1/s1. The van der Waals surface area contributed by atoms with Gasteiger partial charge in [0.1, 0.15) is 5.82 Å². The fourth-order valence-corrected chi connectivity index (χ4v) is 6.26. The number of carbonyl (C=O) groups is 1. The fourth-order valence-electron chi connectivity index (χ4n) is 5.18. The van der Waals surface area contributed by atoms with E-state index < -0.39 is 0 Å². The van der Waals surface area contributed by atoms with Crippen LogP contribution in [0.5, 0.6) is 0 Å². The molecule has 2 amide bonds. The van der Waals surface area contributed by atoms with Crippen LogP contribution < -0.4 is 10.6 Å². The lowest BCUT2D eigenvalue weighted by Crippen LogP contribution is -2.42. The number of anilines is 1. The first-order valence-corrected chi connectivity index (χ1v) is 12.7. The van der Waals surface area contributed by atoms with Gasteiger partial charge in [-0.25, -0.2) is 14.5 Å². The van der Waals surface area contributed by atoms with Gasteiger partial charge in [-0.05, 0) is 45.2 Å². The van der Waals surface area contributed by atoms with Gasteiger partial charge in [0, 0.05) is 43.1 Å². The summed E-state index contributed by atoms with van der Waals surface area (Å²) in [5.41, 5.74) is 4.25.